The average Bonchev–Trinajstić information content (AvgIpc) is 2.30. The van der Waals surface area contributed by atoms with Crippen LogP contribution in [0.5, 0.6) is 5.75 Å². The van der Waals surface area contributed by atoms with Crippen LogP contribution in [0.2, 0.25) is 0 Å². The van der Waals surface area contributed by atoms with E-state index in [1.807, 2.05) is 0 Å². The van der Waals surface area contributed by atoms with Crippen molar-refractivity contribution in [3.8, 4) is 5.75 Å². The minimum absolute atomic E-state index is 0.0567. The molecule has 18 heavy (non-hydrogen) atoms. The Balaban J connectivity index is 3.15. The quantitative estimate of drug-likeness (QED) is 0.895. The van der Waals surface area contributed by atoms with Crippen LogP contribution in [0.15, 0.2) is 22.7 Å². The third-order valence-corrected chi connectivity index (χ3v) is 3.35. The fourth-order valence-electron chi connectivity index (χ4n) is 1.26. The number of rotatable bonds is 3. The van der Waals surface area contributed by atoms with Crippen molar-refractivity contribution in [2.75, 3.05) is 7.05 Å². The van der Waals surface area contributed by atoms with Gasteiger partial charge in [-0.25, -0.2) is 4.79 Å². The van der Waals surface area contributed by atoms with Crippen molar-refractivity contribution in [3.05, 3.63) is 28.2 Å². The van der Waals surface area contributed by atoms with Gasteiger partial charge in [0.05, 0.1) is 5.56 Å². The van der Waals surface area contributed by atoms with E-state index >= 15 is 0 Å². The molecule has 0 aromatic heterocycles. The number of hydrogen-bond donors (Lipinski definition) is 2. The molecule has 1 rings (SSSR count). The molecule has 0 heterocycles. The molecule has 0 bridgehead atoms. The van der Waals surface area contributed by atoms with E-state index in [1.54, 1.807) is 6.07 Å². The van der Waals surface area contributed by atoms with E-state index in [4.69, 9.17) is 5.11 Å². The number of phenolic OH excluding ortho intramolecular Hbond substituents is 1. The summed E-state index contributed by atoms with van der Waals surface area (Å²) in [4.78, 5) is 24.3. The zero-order valence-corrected chi connectivity index (χ0v) is 11.9. The number of hydrogen-bond acceptors (Lipinski definition) is 3. The highest BCUT2D eigenvalue weighted by molar-refractivity contribution is 9.10. The van der Waals surface area contributed by atoms with Crippen LogP contribution in [0.3, 0.4) is 0 Å². The Morgan fingerprint density at radius 1 is 1.33 bits per heavy atom. The molecule has 98 valence electrons. The number of carbonyl (C=O) groups excluding carboxylic acids is 1. The second-order valence-electron chi connectivity index (χ2n) is 4.39. The number of halogens is 1. The molecular weight excluding hydrogens is 302 g/mol. The normalized spacial score (nSPS) is 11.1. The van der Waals surface area contributed by atoms with Crippen LogP contribution < -0.4 is 0 Å². The Morgan fingerprint density at radius 2 is 1.89 bits per heavy atom. The fraction of sp³-hybridized carbons (Fsp3) is 0.333. The first-order chi connectivity index (χ1) is 8.17. The maximum atomic E-state index is 12.2. The van der Waals surface area contributed by atoms with Gasteiger partial charge in [0.1, 0.15) is 11.3 Å². The van der Waals surface area contributed by atoms with Gasteiger partial charge in [0, 0.05) is 11.5 Å². The van der Waals surface area contributed by atoms with Gasteiger partial charge in [0.15, 0.2) is 0 Å². The summed E-state index contributed by atoms with van der Waals surface area (Å²) in [6, 6.07) is 4.42. The van der Waals surface area contributed by atoms with Gasteiger partial charge in [-0.15, -0.1) is 0 Å². The van der Waals surface area contributed by atoms with Crippen molar-refractivity contribution in [2.24, 2.45) is 0 Å². The van der Waals surface area contributed by atoms with E-state index in [1.165, 1.54) is 33.0 Å². The standard InChI is InChI=1S/C12H14BrNO4/c1-12(2,11(17)18)14(3)10(16)8-6-7(13)4-5-9(8)15/h4-6,15H,1-3H3,(H,17,18). The number of carboxylic acids is 1. The van der Waals surface area contributed by atoms with E-state index in [0.29, 0.717) is 4.47 Å². The summed E-state index contributed by atoms with van der Waals surface area (Å²) >= 11 is 3.19. The Labute approximate surface area is 113 Å². The monoisotopic (exact) mass is 315 g/mol. The molecule has 5 nitrogen and oxygen atoms in total. The van der Waals surface area contributed by atoms with Crippen molar-refractivity contribution in [3.63, 3.8) is 0 Å². The van der Waals surface area contributed by atoms with E-state index in [-0.39, 0.29) is 11.3 Å². The molecule has 1 aromatic carbocycles. The third-order valence-electron chi connectivity index (χ3n) is 2.86. The zero-order valence-electron chi connectivity index (χ0n) is 10.3. The summed E-state index contributed by atoms with van der Waals surface area (Å²) in [7, 11) is 1.39. The van der Waals surface area contributed by atoms with Crippen LogP contribution in [0, 0.1) is 0 Å². The Bertz CT molecular complexity index is 499. The Hall–Kier alpha value is -1.56. The maximum absolute atomic E-state index is 12.2. The lowest BCUT2D eigenvalue weighted by Gasteiger charge is -2.31. The minimum Gasteiger partial charge on any atom is -0.507 e. The number of phenols is 1. The molecule has 0 saturated carbocycles. The molecule has 0 spiro atoms. The molecule has 2 N–H and O–H groups in total. The zero-order chi connectivity index (χ0) is 14.1. The summed E-state index contributed by atoms with van der Waals surface area (Å²) in [5, 5.41) is 18.7. The number of aliphatic carboxylic acids is 1. The Morgan fingerprint density at radius 3 is 2.39 bits per heavy atom. The molecule has 0 aliphatic carbocycles. The predicted octanol–water partition coefficient (Wildman–Crippen LogP) is 2.09. The Kier molecular flexibility index (Phi) is 4.01. The number of carboxylic acid groups (broad SMARTS) is 1. The number of benzene rings is 1. The first-order valence-corrected chi connectivity index (χ1v) is 5.97. The van der Waals surface area contributed by atoms with E-state index in [0.717, 1.165) is 4.90 Å². The van der Waals surface area contributed by atoms with E-state index in [2.05, 4.69) is 15.9 Å². The van der Waals surface area contributed by atoms with Crippen LogP contribution in [-0.2, 0) is 4.79 Å². The van der Waals surface area contributed by atoms with Gasteiger partial charge in [-0.1, -0.05) is 15.9 Å². The smallest absolute Gasteiger partial charge is 0.329 e. The SMILES string of the molecule is CN(C(=O)c1cc(Br)ccc1O)C(C)(C)C(=O)O. The lowest BCUT2D eigenvalue weighted by Crippen LogP contribution is -2.50. The number of carbonyl (C=O) groups is 2. The summed E-state index contributed by atoms with van der Waals surface area (Å²) in [5.41, 5.74) is -1.30. The van der Waals surface area contributed by atoms with Crippen LogP contribution in [-0.4, -0.2) is 39.6 Å². The van der Waals surface area contributed by atoms with Crippen LogP contribution >= 0.6 is 15.9 Å². The summed E-state index contributed by atoms with van der Waals surface area (Å²) in [6.07, 6.45) is 0. The molecule has 0 aliphatic rings. The van der Waals surface area contributed by atoms with Gasteiger partial charge in [-0.2, -0.15) is 0 Å². The molecule has 0 radical (unpaired) electrons. The highest BCUT2D eigenvalue weighted by Gasteiger charge is 2.36. The number of nitrogens with zero attached hydrogens (tertiary/aromatic N) is 1. The third kappa shape index (κ3) is 2.64. The molecule has 6 heteroatoms. The van der Waals surface area contributed by atoms with Gasteiger partial charge in [-0.3, -0.25) is 4.79 Å². The second-order valence-corrected chi connectivity index (χ2v) is 5.31. The van der Waals surface area contributed by atoms with Crippen molar-refractivity contribution < 1.29 is 19.8 Å². The van der Waals surface area contributed by atoms with Gasteiger partial charge in [0.25, 0.3) is 5.91 Å². The first kappa shape index (κ1) is 14.5. The summed E-state index contributed by atoms with van der Waals surface area (Å²) in [5.74, 6) is -1.86. The topological polar surface area (TPSA) is 77.8 Å². The maximum Gasteiger partial charge on any atom is 0.329 e. The molecular formula is C12H14BrNO4. The molecule has 0 unspecified atom stereocenters. The van der Waals surface area contributed by atoms with Gasteiger partial charge in [0.2, 0.25) is 0 Å². The fourth-order valence-corrected chi connectivity index (χ4v) is 1.62. The van der Waals surface area contributed by atoms with Crippen LogP contribution in [0.4, 0.5) is 0 Å². The van der Waals surface area contributed by atoms with Crippen LogP contribution in [0.1, 0.15) is 24.2 Å². The lowest BCUT2D eigenvalue weighted by molar-refractivity contribution is -0.147. The highest BCUT2D eigenvalue weighted by Crippen LogP contribution is 2.25. The largest absolute Gasteiger partial charge is 0.507 e. The predicted molar refractivity (Wildman–Crippen MR) is 69.6 cm³/mol. The molecule has 0 fully saturated rings. The van der Waals surface area contributed by atoms with Crippen molar-refractivity contribution >= 4 is 27.8 Å². The van der Waals surface area contributed by atoms with Gasteiger partial charge >= 0.3 is 5.97 Å². The lowest BCUT2D eigenvalue weighted by atomic mass is 10.0. The second kappa shape index (κ2) is 4.97. The van der Waals surface area contributed by atoms with Crippen molar-refractivity contribution in [2.45, 2.75) is 19.4 Å². The molecule has 1 amide bonds. The molecule has 0 aliphatic heterocycles. The van der Waals surface area contributed by atoms with Gasteiger partial charge < -0.3 is 15.1 Å². The highest BCUT2D eigenvalue weighted by atomic mass is 79.9. The summed E-state index contributed by atoms with van der Waals surface area (Å²) < 4.78 is 0.630. The number of likely N-dealkylation sites (N-methyl/N-ethyl adjacent to an activating group) is 1. The summed E-state index contributed by atoms with van der Waals surface area (Å²) in [6.45, 7) is 2.84. The first-order valence-electron chi connectivity index (χ1n) is 5.18. The molecule has 0 saturated heterocycles. The minimum atomic E-state index is -1.36. The van der Waals surface area contributed by atoms with Crippen molar-refractivity contribution in [1.82, 2.24) is 4.90 Å². The van der Waals surface area contributed by atoms with Crippen LogP contribution in [0.25, 0.3) is 0 Å². The number of aromatic hydroxyl groups is 1. The molecule has 0 atom stereocenters. The van der Waals surface area contributed by atoms with E-state index in [9.17, 15) is 14.7 Å². The molecule has 1 aromatic rings. The van der Waals surface area contributed by atoms with E-state index < -0.39 is 17.4 Å². The van der Waals surface area contributed by atoms with Gasteiger partial charge in [-0.05, 0) is 32.0 Å². The number of amides is 1. The van der Waals surface area contributed by atoms with Crippen molar-refractivity contribution in [1.29, 1.82) is 0 Å². The average molecular weight is 316 g/mol.